The fourth-order valence-electron chi connectivity index (χ4n) is 2.76. The Labute approximate surface area is 167 Å². The molecule has 1 unspecified atom stereocenters. The molecule has 2 N–H and O–H groups in total. The summed E-state index contributed by atoms with van der Waals surface area (Å²) < 4.78 is 18.3. The zero-order valence-electron chi connectivity index (χ0n) is 15.1. The van der Waals surface area contributed by atoms with E-state index in [-0.39, 0.29) is 29.8 Å². The number of aliphatic imine (C=N–C) groups is 1. The van der Waals surface area contributed by atoms with Crippen molar-refractivity contribution in [3.63, 3.8) is 0 Å². The van der Waals surface area contributed by atoms with Gasteiger partial charge in [-0.3, -0.25) is 9.89 Å². The lowest BCUT2D eigenvalue weighted by Crippen LogP contribution is -2.44. The van der Waals surface area contributed by atoms with Gasteiger partial charge in [0.1, 0.15) is 5.82 Å². The van der Waals surface area contributed by atoms with E-state index in [1.165, 1.54) is 12.1 Å². The predicted octanol–water partition coefficient (Wildman–Crippen LogP) is 2.12. The second-order valence-electron chi connectivity index (χ2n) is 6.27. The van der Waals surface area contributed by atoms with Crippen LogP contribution in [0.1, 0.15) is 12.5 Å². The molecule has 1 aliphatic rings. The Morgan fingerprint density at radius 2 is 1.92 bits per heavy atom. The molecule has 1 aromatic rings. The second kappa shape index (κ2) is 12.4. The zero-order chi connectivity index (χ0) is 17.2. The van der Waals surface area contributed by atoms with Crippen LogP contribution >= 0.6 is 24.0 Å². The lowest BCUT2D eigenvalue weighted by molar-refractivity contribution is 0.0320. The van der Waals surface area contributed by atoms with Crippen LogP contribution in [0.2, 0.25) is 0 Å². The van der Waals surface area contributed by atoms with Crippen LogP contribution in [0.25, 0.3) is 0 Å². The highest BCUT2D eigenvalue weighted by molar-refractivity contribution is 14.0. The number of halogens is 2. The molecular weight excluding hydrogens is 434 g/mol. The Bertz CT molecular complexity index is 506. The van der Waals surface area contributed by atoms with Gasteiger partial charge in [-0.15, -0.1) is 24.0 Å². The number of nitrogens with zero attached hydrogens (tertiary/aromatic N) is 2. The summed E-state index contributed by atoms with van der Waals surface area (Å²) in [6.45, 7) is 8.69. The lowest BCUT2D eigenvalue weighted by atomic mass is 10.1. The number of hydrogen-bond acceptors (Lipinski definition) is 3. The summed E-state index contributed by atoms with van der Waals surface area (Å²) in [6.07, 6.45) is 0.838. The molecule has 1 aliphatic heterocycles. The first kappa shape index (κ1) is 22.1. The second-order valence-corrected chi connectivity index (χ2v) is 6.27. The predicted molar refractivity (Wildman–Crippen MR) is 111 cm³/mol. The van der Waals surface area contributed by atoms with Crippen molar-refractivity contribution >= 4 is 29.9 Å². The molecule has 142 valence electrons. The van der Waals surface area contributed by atoms with Crippen LogP contribution in [-0.2, 0) is 11.2 Å². The molecule has 1 saturated heterocycles. The summed E-state index contributed by atoms with van der Waals surface area (Å²) in [5.74, 6) is 1.16. The molecule has 0 radical (unpaired) electrons. The van der Waals surface area contributed by atoms with Crippen LogP contribution in [0.4, 0.5) is 4.39 Å². The van der Waals surface area contributed by atoms with Gasteiger partial charge in [0.25, 0.3) is 0 Å². The van der Waals surface area contributed by atoms with Crippen LogP contribution in [-0.4, -0.2) is 63.8 Å². The van der Waals surface area contributed by atoms with Crippen molar-refractivity contribution in [2.75, 3.05) is 53.0 Å². The lowest BCUT2D eigenvalue weighted by Gasteiger charge is -2.29. The van der Waals surface area contributed by atoms with Gasteiger partial charge in [-0.1, -0.05) is 19.1 Å². The number of ether oxygens (including phenoxy) is 1. The van der Waals surface area contributed by atoms with Gasteiger partial charge in [0.15, 0.2) is 5.96 Å². The normalized spacial score (nSPS) is 16.8. The molecule has 0 aromatic heterocycles. The molecule has 0 bridgehead atoms. The summed E-state index contributed by atoms with van der Waals surface area (Å²) in [5, 5.41) is 6.68. The fraction of sp³-hybridized carbons (Fsp3) is 0.611. The largest absolute Gasteiger partial charge is 0.379 e. The minimum absolute atomic E-state index is 0. The van der Waals surface area contributed by atoms with Crippen molar-refractivity contribution in [2.45, 2.75) is 13.3 Å². The van der Waals surface area contributed by atoms with Crippen molar-refractivity contribution < 1.29 is 9.13 Å². The number of morpholine rings is 1. The van der Waals surface area contributed by atoms with Crippen molar-refractivity contribution in [1.29, 1.82) is 0 Å². The van der Waals surface area contributed by atoms with Gasteiger partial charge in [-0.05, 0) is 30.0 Å². The van der Waals surface area contributed by atoms with Gasteiger partial charge in [-0.25, -0.2) is 4.39 Å². The van der Waals surface area contributed by atoms with E-state index in [1.54, 1.807) is 7.05 Å². The standard InChI is InChI=1S/C18H29FN4O.HI/c1-15(14-23-9-11-24-12-10-23)13-22-18(20-2)21-8-7-16-3-5-17(19)6-4-16;/h3-6,15H,7-14H2,1-2H3,(H2,20,21,22);1H. The SMILES string of the molecule is CN=C(NCCc1ccc(F)cc1)NCC(C)CN1CCOCC1.I. The maximum Gasteiger partial charge on any atom is 0.190 e. The molecule has 1 aromatic carbocycles. The van der Waals surface area contributed by atoms with Crippen LogP contribution in [0.5, 0.6) is 0 Å². The molecule has 0 amide bonds. The summed E-state index contributed by atoms with van der Waals surface area (Å²) in [7, 11) is 1.78. The highest BCUT2D eigenvalue weighted by Gasteiger charge is 2.13. The molecular formula is C18H30FIN4O. The summed E-state index contributed by atoms with van der Waals surface area (Å²) in [5.41, 5.74) is 1.11. The zero-order valence-corrected chi connectivity index (χ0v) is 17.5. The van der Waals surface area contributed by atoms with E-state index in [0.717, 1.165) is 63.9 Å². The van der Waals surface area contributed by atoms with Gasteiger partial charge in [0, 0.05) is 39.8 Å². The number of nitrogens with one attached hydrogen (secondary N) is 2. The molecule has 1 heterocycles. The highest BCUT2D eigenvalue weighted by atomic mass is 127. The maximum atomic E-state index is 12.9. The van der Waals surface area contributed by atoms with Crippen LogP contribution in [0, 0.1) is 11.7 Å². The molecule has 0 saturated carbocycles. The van der Waals surface area contributed by atoms with Crippen molar-refractivity contribution in [3.8, 4) is 0 Å². The smallest absolute Gasteiger partial charge is 0.190 e. The number of benzene rings is 1. The number of rotatable bonds is 7. The monoisotopic (exact) mass is 464 g/mol. The highest BCUT2D eigenvalue weighted by Crippen LogP contribution is 2.03. The van der Waals surface area contributed by atoms with Gasteiger partial charge in [-0.2, -0.15) is 0 Å². The first-order valence-electron chi connectivity index (χ1n) is 8.66. The summed E-state index contributed by atoms with van der Waals surface area (Å²) >= 11 is 0. The number of hydrogen-bond donors (Lipinski definition) is 2. The van der Waals surface area contributed by atoms with Gasteiger partial charge in [0.2, 0.25) is 0 Å². The fourth-order valence-corrected chi connectivity index (χ4v) is 2.76. The molecule has 25 heavy (non-hydrogen) atoms. The van der Waals surface area contributed by atoms with Crippen molar-refractivity contribution in [3.05, 3.63) is 35.6 Å². The summed E-state index contributed by atoms with van der Waals surface area (Å²) in [6, 6.07) is 6.63. The Kier molecular flexibility index (Phi) is 11.0. The van der Waals surface area contributed by atoms with Gasteiger partial charge < -0.3 is 15.4 Å². The van der Waals surface area contributed by atoms with Gasteiger partial charge in [0.05, 0.1) is 13.2 Å². The van der Waals surface area contributed by atoms with E-state index in [0.29, 0.717) is 5.92 Å². The quantitative estimate of drug-likeness (QED) is 0.369. The molecule has 7 heteroatoms. The van der Waals surface area contributed by atoms with E-state index in [9.17, 15) is 4.39 Å². The Morgan fingerprint density at radius 1 is 1.24 bits per heavy atom. The third kappa shape index (κ3) is 8.82. The molecule has 1 atom stereocenters. The number of guanidine groups is 1. The van der Waals surface area contributed by atoms with Crippen LogP contribution in [0.3, 0.4) is 0 Å². The molecule has 0 aliphatic carbocycles. The third-order valence-corrected chi connectivity index (χ3v) is 4.13. The average molecular weight is 464 g/mol. The Morgan fingerprint density at radius 3 is 2.56 bits per heavy atom. The molecule has 1 fully saturated rings. The van der Waals surface area contributed by atoms with Gasteiger partial charge >= 0.3 is 0 Å². The Balaban J connectivity index is 0.00000312. The molecule has 5 nitrogen and oxygen atoms in total. The maximum absolute atomic E-state index is 12.9. The van der Waals surface area contributed by atoms with Crippen molar-refractivity contribution in [2.24, 2.45) is 10.9 Å². The topological polar surface area (TPSA) is 48.9 Å². The molecule has 2 rings (SSSR count). The third-order valence-electron chi connectivity index (χ3n) is 4.13. The van der Waals surface area contributed by atoms with E-state index in [1.807, 2.05) is 12.1 Å². The minimum Gasteiger partial charge on any atom is -0.379 e. The van der Waals surface area contributed by atoms with Crippen LogP contribution < -0.4 is 10.6 Å². The van der Waals surface area contributed by atoms with E-state index >= 15 is 0 Å². The van der Waals surface area contributed by atoms with Crippen molar-refractivity contribution in [1.82, 2.24) is 15.5 Å². The van der Waals surface area contributed by atoms with E-state index in [2.05, 4.69) is 27.4 Å². The summed E-state index contributed by atoms with van der Waals surface area (Å²) in [4.78, 5) is 6.70. The van der Waals surface area contributed by atoms with E-state index in [4.69, 9.17) is 4.74 Å². The molecule has 0 spiro atoms. The minimum atomic E-state index is -0.196. The van der Waals surface area contributed by atoms with Crippen LogP contribution in [0.15, 0.2) is 29.3 Å². The average Bonchev–Trinajstić information content (AvgIpc) is 2.60. The van der Waals surface area contributed by atoms with E-state index < -0.39 is 0 Å². The Hall–Kier alpha value is -0.930. The first-order valence-corrected chi connectivity index (χ1v) is 8.66. The first-order chi connectivity index (χ1) is 11.7.